The smallest absolute Gasteiger partial charge is 0.223 e. The Balaban J connectivity index is 1.28. The number of aromatic nitrogens is 1. The molecule has 3 aliphatic carbocycles. The summed E-state index contributed by atoms with van der Waals surface area (Å²) in [4.78, 5) is 16.2. The highest BCUT2D eigenvalue weighted by atomic mass is 16.2. The van der Waals surface area contributed by atoms with Crippen LogP contribution in [0.4, 0.5) is 0 Å². The zero-order chi connectivity index (χ0) is 17.2. The Bertz CT molecular complexity index is 873. The van der Waals surface area contributed by atoms with Gasteiger partial charge in [-0.1, -0.05) is 30.4 Å². The summed E-state index contributed by atoms with van der Waals surface area (Å²) in [7, 11) is 0. The Morgan fingerprint density at radius 3 is 2.96 bits per heavy atom. The zero-order valence-electron chi connectivity index (χ0n) is 15.0. The molecule has 2 bridgehead atoms. The Morgan fingerprint density at radius 1 is 1.36 bits per heavy atom. The van der Waals surface area contributed by atoms with Gasteiger partial charge in [0.05, 0.1) is 0 Å². The van der Waals surface area contributed by atoms with Gasteiger partial charge in [-0.2, -0.15) is 0 Å². The first-order valence-electron chi connectivity index (χ1n) is 9.63. The summed E-state index contributed by atoms with van der Waals surface area (Å²) in [6, 6.07) is 6.56. The number of fused-ring (bicyclic) bond motifs is 1. The van der Waals surface area contributed by atoms with Gasteiger partial charge in [-0.25, -0.2) is 0 Å². The topological polar surface area (TPSA) is 44.9 Å². The molecule has 0 saturated heterocycles. The molecule has 2 aromatic rings. The Kier molecular flexibility index (Phi) is 3.19. The maximum absolute atomic E-state index is 12.9. The van der Waals surface area contributed by atoms with Gasteiger partial charge in [-0.3, -0.25) is 4.79 Å². The lowest BCUT2D eigenvalue weighted by Gasteiger charge is -2.22. The van der Waals surface area contributed by atoms with Gasteiger partial charge in [-0.05, 0) is 67.9 Å². The van der Waals surface area contributed by atoms with Gasteiger partial charge in [0.15, 0.2) is 0 Å². The van der Waals surface area contributed by atoms with Crippen LogP contribution in [0.25, 0.3) is 10.9 Å². The second-order valence-corrected chi connectivity index (χ2v) is 8.52. The van der Waals surface area contributed by atoms with E-state index in [1.807, 2.05) is 0 Å². The molecule has 2 fully saturated rings. The zero-order valence-corrected chi connectivity index (χ0v) is 15.0. The van der Waals surface area contributed by atoms with Crippen molar-refractivity contribution in [3.63, 3.8) is 0 Å². The lowest BCUT2D eigenvalue weighted by Crippen LogP contribution is -2.40. The van der Waals surface area contributed by atoms with Crippen molar-refractivity contribution in [3.8, 4) is 0 Å². The molecule has 1 heterocycles. The third kappa shape index (κ3) is 2.21. The predicted octanol–water partition coefficient (Wildman–Crippen LogP) is 4.13. The van der Waals surface area contributed by atoms with Crippen LogP contribution in [0.1, 0.15) is 37.3 Å². The number of H-pyrrole nitrogens is 1. The van der Waals surface area contributed by atoms with Crippen molar-refractivity contribution in [1.29, 1.82) is 0 Å². The van der Waals surface area contributed by atoms with Gasteiger partial charge in [0.25, 0.3) is 0 Å². The molecule has 25 heavy (non-hydrogen) atoms. The van der Waals surface area contributed by atoms with Crippen LogP contribution in [0.3, 0.4) is 0 Å². The summed E-state index contributed by atoms with van der Waals surface area (Å²) in [6.45, 7) is 4.26. The van der Waals surface area contributed by atoms with E-state index < -0.39 is 0 Å². The fourth-order valence-corrected chi connectivity index (χ4v) is 5.53. The van der Waals surface area contributed by atoms with Crippen LogP contribution in [0.5, 0.6) is 0 Å². The van der Waals surface area contributed by atoms with Gasteiger partial charge in [0, 0.05) is 29.1 Å². The van der Waals surface area contributed by atoms with Crippen molar-refractivity contribution in [2.75, 3.05) is 0 Å². The molecule has 130 valence electrons. The number of carbonyl (C=O) groups excluding carboxylic acids is 1. The number of amides is 1. The van der Waals surface area contributed by atoms with Gasteiger partial charge in [0.1, 0.15) is 0 Å². The summed E-state index contributed by atoms with van der Waals surface area (Å²) in [5.74, 6) is 1.64. The minimum absolute atomic E-state index is 0.158. The number of benzene rings is 1. The van der Waals surface area contributed by atoms with E-state index in [1.54, 1.807) is 0 Å². The molecule has 2 saturated carbocycles. The number of hydrogen-bond donors (Lipinski definition) is 2. The van der Waals surface area contributed by atoms with Crippen LogP contribution < -0.4 is 5.32 Å². The fourth-order valence-electron chi connectivity index (χ4n) is 5.53. The van der Waals surface area contributed by atoms with E-state index in [2.05, 4.69) is 60.7 Å². The van der Waals surface area contributed by atoms with E-state index in [-0.39, 0.29) is 17.9 Å². The van der Waals surface area contributed by atoms with Crippen LogP contribution in [-0.2, 0) is 11.2 Å². The monoisotopic (exact) mass is 334 g/mol. The molecule has 5 rings (SSSR count). The number of aryl methyl sites for hydroxylation is 1. The van der Waals surface area contributed by atoms with E-state index in [0.29, 0.717) is 17.3 Å². The lowest BCUT2D eigenvalue weighted by atomic mass is 9.88. The van der Waals surface area contributed by atoms with E-state index in [4.69, 9.17) is 0 Å². The molecule has 2 N–H and O–H groups in total. The first kappa shape index (κ1) is 15.2. The number of rotatable bonds is 4. The van der Waals surface area contributed by atoms with Crippen molar-refractivity contribution >= 4 is 16.8 Å². The molecule has 3 aliphatic rings. The molecule has 1 spiro atoms. The number of carbonyl (C=O) groups is 1. The van der Waals surface area contributed by atoms with Crippen LogP contribution in [-0.4, -0.2) is 16.9 Å². The molecular weight excluding hydrogens is 308 g/mol. The third-order valence-electron chi connectivity index (χ3n) is 6.98. The molecule has 4 atom stereocenters. The van der Waals surface area contributed by atoms with Crippen molar-refractivity contribution < 1.29 is 4.79 Å². The van der Waals surface area contributed by atoms with E-state index in [9.17, 15) is 4.79 Å². The Morgan fingerprint density at radius 2 is 2.20 bits per heavy atom. The lowest BCUT2D eigenvalue weighted by molar-refractivity contribution is -0.126. The maximum atomic E-state index is 12.9. The molecule has 1 amide bonds. The number of para-hydroxylation sites is 1. The highest BCUT2D eigenvalue weighted by Gasteiger charge is 2.64. The number of aromatic amines is 1. The summed E-state index contributed by atoms with van der Waals surface area (Å²) >= 11 is 0. The van der Waals surface area contributed by atoms with Crippen molar-refractivity contribution in [1.82, 2.24) is 10.3 Å². The summed E-state index contributed by atoms with van der Waals surface area (Å²) in [5, 5.41) is 4.58. The van der Waals surface area contributed by atoms with E-state index in [1.165, 1.54) is 34.9 Å². The Labute approximate surface area is 148 Å². The summed E-state index contributed by atoms with van der Waals surface area (Å²) < 4.78 is 0. The third-order valence-corrected chi connectivity index (χ3v) is 6.98. The fraction of sp³-hybridized carbons (Fsp3) is 0.500. The summed E-state index contributed by atoms with van der Waals surface area (Å²) in [5.41, 5.74) is 4.26. The van der Waals surface area contributed by atoms with Crippen molar-refractivity contribution in [2.24, 2.45) is 23.2 Å². The second-order valence-electron chi connectivity index (χ2n) is 8.52. The largest absolute Gasteiger partial charge is 0.361 e. The average Bonchev–Trinajstić information content (AvgIpc) is 3.08. The van der Waals surface area contributed by atoms with Crippen molar-refractivity contribution in [2.45, 2.75) is 45.6 Å². The first-order chi connectivity index (χ1) is 12.1. The van der Waals surface area contributed by atoms with Crippen LogP contribution in [0, 0.1) is 30.1 Å². The van der Waals surface area contributed by atoms with Gasteiger partial charge in [0.2, 0.25) is 5.91 Å². The van der Waals surface area contributed by atoms with Gasteiger partial charge in [-0.15, -0.1) is 0 Å². The molecule has 1 aromatic carbocycles. The maximum Gasteiger partial charge on any atom is 0.223 e. The van der Waals surface area contributed by atoms with E-state index in [0.717, 1.165) is 12.8 Å². The molecule has 3 nitrogen and oxygen atoms in total. The summed E-state index contributed by atoms with van der Waals surface area (Å²) in [6.07, 6.45) is 11.4. The highest BCUT2D eigenvalue weighted by molar-refractivity contribution is 5.86. The first-order valence-corrected chi connectivity index (χ1v) is 9.63. The van der Waals surface area contributed by atoms with Gasteiger partial charge >= 0.3 is 0 Å². The number of hydrogen-bond acceptors (Lipinski definition) is 1. The molecule has 3 heteroatoms. The SMILES string of the molecule is Cc1cccc2c(C[C@H](C)NC(=O)[C@@H]3C[C@H]4C=C[C@H]3C43CC3)c[nH]c12. The van der Waals surface area contributed by atoms with E-state index >= 15 is 0 Å². The molecule has 0 aliphatic heterocycles. The minimum atomic E-state index is 0.158. The standard InChI is InChI=1S/C22H26N2O/c1-13-4-3-5-17-15(12-23-20(13)17)10-14(2)24-21(25)18-11-16-6-7-19(18)22(16)8-9-22/h3-7,12,14,16,18-19,23H,8-11H2,1-2H3,(H,24,25)/t14-,16+,18+,19+/m0/s1. The van der Waals surface area contributed by atoms with Crippen LogP contribution in [0.15, 0.2) is 36.5 Å². The minimum Gasteiger partial charge on any atom is -0.361 e. The molecular formula is C22H26N2O. The van der Waals surface area contributed by atoms with Crippen molar-refractivity contribution in [3.05, 3.63) is 47.7 Å². The van der Waals surface area contributed by atoms with Crippen LogP contribution >= 0.6 is 0 Å². The molecule has 0 radical (unpaired) electrons. The van der Waals surface area contributed by atoms with Gasteiger partial charge < -0.3 is 10.3 Å². The number of nitrogens with one attached hydrogen (secondary N) is 2. The normalized spacial score (nSPS) is 29.4. The highest BCUT2D eigenvalue weighted by Crippen LogP contribution is 2.70. The molecule has 1 aromatic heterocycles. The predicted molar refractivity (Wildman–Crippen MR) is 100 cm³/mol. The number of allylic oxidation sites excluding steroid dienone is 2. The Hall–Kier alpha value is -2.03. The quantitative estimate of drug-likeness (QED) is 0.812. The second kappa shape index (κ2) is 5.23. The van der Waals surface area contributed by atoms with Crippen LogP contribution in [0.2, 0.25) is 0 Å². The molecule has 0 unspecified atom stereocenters. The average molecular weight is 334 g/mol.